The molecule has 0 spiro atoms. The summed E-state index contributed by atoms with van der Waals surface area (Å²) in [6.07, 6.45) is 6.01. The van der Waals surface area contributed by atoms with E-state index in [9.17, 15) is 14.7 Å². The summed E-state index contributed by atoms with van der Waals surface area (Å²) in [5.74, 6) is -0.876. The van der Waals surface area contributed by atoms with E-state index in [0.717, 1.165) is 18.4 Å². The number of aliphatic carboxylic acids is 1. The van der Waals surface area contributed by atoms with Crippen molar-refractivity contribution in [3.8, 4) is 0 Å². The Bertz CT molecular complexity index is 677. The van der Waals surface area contributed by atoms with Gasteiger partial charge < -0.3 is 9.84 Å². The zero-order chi connectivity index (χ0) is 20.1. The largest absolute Gasteiger partial charge is 0.479 e. The van der Waals surface area contributed by atoms with Gasteiger partial charge in [0, 0.05) is 13.0 Å². The predicted molar refractivity (Wildman–Crippen MR) is 106 cm³/mol. The second-order valence-electron chi connectivity index (χ2n) is 8.28. The van der Waals surface area contributed by atoms with Crippen LogP contribution in [0.5, 0.6) is 0 Å². The van der Waals surface area contributed by atoms with E-state index >= 15 is 0 Å². The molecule has 2 rings (SSSR count). The van der Waals surface area contributed by atoms with Crippen molar-refractivity contribution in [3.05, 3.63) is 48.0 Å². The molecule has 1 aromatic carbocycles. The fourth-order valence-corrected chi connectivity index (χ4v) is 3.64. The summed E-state index contributed by atoms with van der Waals surface area (Å²) in [6, 6.07) is 9.48. The van der Waals surface area contributed by atoms with E-state index in [1.165, 1.54) is 4.90 Å². The van der Waals surface area contributed by atoms with Crippen molar-refractivity contribution in [2.45, 2.75) is 64.5 Å². The molecule has 0 radical (unpaired) electrons. The highest BCUT2D eigenvalue weighted by Gasteiger charge is 2.54. The minimum Gasteiger partial charge on any atom is -0.479 e. The topological polar surface area (TPSA) is 66.8 Å². The van der Waals surface area contributed by atoms with Gasteiger partial charge in [0.2, 0.25) is 0 Å². The van der Waals surface area contributed by atoms with E-state index < -0.39 is 23.2 Å². The molecule has 5 nitrogen and oxygen atoms in total. The van der Waals surface area contributed by atoms with Gasteiger partial charge in [0.1, 0.15) is 11.1 Å². The van der Waals surface area contributed by atoms with E-state index in [2.05, 4.69) is 19.1 Å². The Labute approximate surface area is 162 Å². The Balaban J connectivity index is 2.35. The first kappa shape index (κ1) is 21.0. The molecule has 1 aliphatic rings. The van der Waals surface area contributed by atoms with Crippen LogP contribution in [0.3, 0.4) is 0 Å². The number of likely N-dealkylation sites (tertiary alicyclic amines) is 1. The highest BCUT2D eigenvalue weighted by atomic mass is 16.6. The van der Waals surface area contributed by atoms with Crippen molar-refractivity contribution in [1.29, 1.82) is 0 Å². The van der Waals surface area contributed by atoms with Crippen molar-refractivity contribution >= 4 is 12.1 Å². The fraction of sp³-hybridized carbons (Fsp3) is 0.545. The van der Waals surface area contributed by atoms with Crippen LogP contribution in [0.1, 0.15) is 52.5 Å². The lowest BCUT2D eigenvalue weighted by atomic mass is 9.85. The quantitative estimate of drug-likeness (QED) is 0.736. The number of hydrogen-bond donors (Lipinski definition) is 1. The van der Waals surface area contributed by atoms with Gasteiger partial charge >= 0.3 is 12.1 Å². The van der Waals surface area contributed by atoms with Gasteiger partial charge in [-0.3, -0.25) is 4.90 Å². The SMILES string of the molecule is CCC=CC[C@H]1CN(C(=O)OC(C)(C)C)[C@@](Cc2ccccc2)(C(=O)O)C1. The number of allylic oxidation sites excluding steroid dienone is 2. The molecule has 2 atom stereocenters. The molecule has 27 heavy (non-hydrogen) atoms. The van der Waals surface area contributed by atoms with E-state index in [1.807, 2.05) is 30.3 Å². The van der Waals surface area contributed by atoms with Gasteiger partial charge in [-0.25, -0.2) is 9.59 Å². The highest BCUT2D eigenvalue weighted by molar-refractivity contribution is 5.85. The third kappa shape index (κ3) is 5.34. The van der Waals surface area contributed by atoms with Gasteiger partial charge in [-0.1, -0.05) is 49.4 Å². The van der Waals surface area contributed by atoms with Crippen LogP contribution in [0.25, 0.3) is 0 Å². The van der Waals surface area contributed by atoms with E-state index in [4.69, 9.17) is 4.74 Å². The molecule has 1 amide bonds. The van der Waals surface area contributed by atoms with Crippen LogP contribution in [-0.2, 0) is 16.0 Å². The van der Waals surface area contributed by atoms with Crippen molar-refractivity contribution in [2.75, 3.05) is 6.54 Å². The summed E-state index contributed by atoms with van der Waals surface area (Å²) in [7, 11) is 0. The number of nitrogens with zero attached hydrogens (tertiary/aromatic N) is 1. The minimum absolute atomic E-state index is 0.0973. The number of hydrogen-bond acceptors (Lipinski definition) is 3. The average molecular weight is 373 g/mol. The minimum atomic E-state index is -1.28. The number of ether oxygens (including phenoxy) is 1. The standard InChI is InChI=1S/C22H31NO4/c1-5-6-8-13-18-15-22(19(24)25,14-17-11-9-7-10-12-17)23(16-18)20(26)27-21(2,3)4/h6-12,18H,5,13-16H2,1-4H3,(H,24,25)/t18-,22-/m1/s1. The van der Waals surface area contributed by atoms with Crippen molar-refractivity contribution in [3.63, 3.8) is 0 Å². The monoisotopic (exact) mass is 373 g/mol. The Morgan fingerprint density at radius 3 is 2.48 bits per heavy atom. The maximum absolute atomic E-state index is 12.9. The molecule has 5 heteroatoms. The van der Waals surface area contributed by atoms with E-state index in [-0.39, 0.29) is 12.3 Å². The third-order valence-corrected chi connectivity index (χ3v) is 4.81. The molecule has 0 unspecified atom stereocenters. The van der Waals surface area contributed by atoms with Gasteiger partial charge in [-0.05, 0) is 51.5 Å². The Kier molecular flexibility index (Phi) is 6.68. The molecule has 148 valence electrons. The molecular weight excluding hydrogens is 342 g/mol. The third-order valence-electron chi connectivity index (χ3n) is 4.81. The summed E-state index contributed by atoms with van der Waals surface area (Å²) in [5, 5.41) is 10.2. The van der Waals surface area contributed by atoms with Gasteiger partial charge in [0.25, 0.3) is 0 Å². The van der Waals surface area contributed by atoms with Crippen LogP contribution in [-0.4, -0.2) is 39.8 Å². The van der Waals surface area contributed by atoms with Crippen molar-refractivity contribution < 1.29 is 19.4 Å². The molecule has 1 heterocycles. The molecule has 1 aromatic rings. The first-order valence-corrected chi connectivity index (χ1v) is 9.61. The summed E-state index contributed by atoms with van der Waals surface area (Å²) in [6.45, 7) is 7.84. The summed E-state index contributed by atoms with van der Waals surface area (Å²) >= 11 is 0. The van der Waals surface area contributed by atoms with Crippen molar-refractivity contribution in [1.82, 2.24) is 4.90 Å². The molecule has 1 N–H and O–H groups in total. The van der Waals surface area contributed by atoms with Gasteiger partial charge in [0.15, 0.2) is 0 Å². The second kappa shape index (κ2) is 8.59. The molecule has 0 aliphatic carbocycles. The molecule has 0 aromatic heterocycles. The number of amides is 1. The number of carbonyl (C=O) groups is 2. The first-order chi connectivity index (χ1) is 12.7. The summed E-state index contributed by atoms with van der Waals surface area (Å²) in [5.41, 5.74) is -1.05. The van der Waals surface area contributed by atoms with Gasteiger partial charge in [0.05, 0.1) is 0 Å². The number of benzene rings is 1. The molecule has 0 bridgehead atoms. The Hall–Kier alpha value is -2.30. The van der Waals surface area contributed by atoms with Crippen LogP contribution >= 0.6 is 0 Å². The molecule has 1 fully saturated rings. The Morgan fingerprint density at radius 2 is 1.93 bits per heavy atom. The van der Waals surface area contributed by atoms with Gasteiger partial charge in [-0.2, -0.15) is 0 Å². The lowest BCUT2D eigenvalue weighted by Crippen LogP contribution is -2.55. The zero-order valence-electron chi connectivity index (χ0n) is 16.8. The Morgan fingerprint density at radius 1 is 1.26 bits per heavy atom. The van der Waals surface area contributed by atoms with Crippen molar-refractivity contribution in [2.24, 2.45) is 5.92 Å². The van der Waals surface area contributed by atoms with Crippen LogP contribution in [0, 0.1) is 5.92 Å². The molecule has 0 saturated carbocycles. The number of carboxylic acid groups (broad SMARTS) is 1. The molecular formula is C22H31NO4. The van der Waals surface area contributed by atoms with Crippen LogP contribution in [0.15, 0.2) is 42.5 Å². The van der Waals surface area contributed by atoms with Crippen LogP contribution < -0.4 is 0 Å². The molecule has 1 aliphatic heterocycles. The lowest BCUT2D eigenvalue weighted by molar-refractivity contribution is -0.149. The fourth-order valence-electron chi connectivity index (χ4n) is 3.64. The van der Waals surface area contributed by atoms with Crippen LogP contribution in [0.2, 0.25) is 0 Å². The summed E-state index contributed by atoms with van der Waals surface area (Å²) < 4.78 is 5.54. The normalized spacial score (nSPS) is 23.0. The first-order valence-electron chi connectivity index (χ1n) is 9.61. The van der Waals surface area contributed by atoms with E-state index in [1.54, 1.807) is 20.8 Å². The average Bonchev–Trinajstić information content (AvgIpc) is 2.94. The maximum Gasteiger partial charge on any atom is 0.411 e. The number of rotatable bonds is 6. The number of carbonyl (C=O) groups excluding carboxylic acids is 1. The van der Waals surface area contributed by atoms with Crippen LogP contribution in [0.4, 0.5) is 4.79 Å². The number of carboxylic acids is 1. The highest BCUT2D eigenvalue weighted by Crippen LogP contribution is 2.39. The summed E-state index contributed by atoms with van der Waals surface area (Å²) in [4.78, 5) is 26.7. The van der Waals surface area contributed by atoms with Gasteiger partial charge in [-0.15, -0.1) is 0 Å². The second-order valence-corrected chi connectivity index (χ2v) is 8.28. The van der Waals surface area contributed by atoms with E-state index in [0.29, 0.717) is 13.0 Å². The molecule has 1 saturated heterocycles. The lowest BCUT2D eigenvalue weighted by Gasteiger charge is -2.36. The maximum atomic E-state index is 12.9. The predicted octanol–water partition coefficient (Wildman–Crippen LogP) is 4.67. The zero-order valence-corrected chi connectivity index (χ0v) is 16.8. The smallest absolute Gasteiger partial charge is 0.411 e.